The van der Waals surface area contributed by atoms with Gasteiger partial charge in [-0.05, 0) is 66.9 Å². The number of nitrogens with one attached hydrogen (secondary N) is 1. The molecule has 1 aromatic heterocycles. The molecule has 0 saturated carbocycles. The number of hydrazone groups is 1. The van der Waals surface area contributed by atoms with E-state index in [0.717, 1.165) is 28.1 Å². The first-order valence-electron chi connectivity index (χ1n) is 10.8. The largest absolute Gasteiger partial charge is 0.490 e. The monoisotopic (exact) mass is 430 g/mol. The van der Waals surface area contributed by atoms with Gasteiger partial charge < -0.3 is 13.9 Å². The van der Waals surface area contributed by atoms with E-state index in [9.17, 15) is 4.79 Å². The zero-order valence-corrected chi connectivity index (χ0v) is 18.4. The van der Waals surface area contributed by atoms with Crippen molar-refractivity contribution in [2.24, 2.45) is 5.10 Å². The Morgan fingerprint density at radius 3 is 2.72 bits per heavy atom. The van der Waals surface area contributed by atoms with Gasteiger partial charge in [0.15, 0.2) is 17.3 Å². The molecule has 1 amide bonds. The van der Waals surface area contributed by atoms with E-state index in [2.05, 4.69) is 17.5 Å². The zero-order valence-electron chi connectivity index (χ0n) is 18.4. The molecular weight excluding hydrogens is 404 g/mol. The summed E-state index contributed by atoms with van der Waals surface area (Å²) < 4.78 is 17.3. The SMILES string of the molecule is CCOc1cc(/C=N\NC(=O)c2cc3c(ccc4ccccc43)o2)ccc1O[C@H](C)CC. The molecule has 1 atom stereocenters. The highest BCUT2D eigenvalue weighted by atomic mass is 16.5. The summed E-state index contributed by atoms with van der Waals surface area (Å²) >= 11 is 0. The van der Waals surface area contributed by atoms with Crippen LogP contribution >= 0.6 is 0 Å². The molecule has 0 saturated heterocycles. The van der Waals surface area contributed by atoms with Gasteiger partial charge in [-0.3, -0.25) is 4.79 Å². The van der Waals surface area contributed by atoms with Crippen LogP contribution in [-0.4, -0.2) is 24.8 Å². The summed E-state index contributed by atoms with van der Waals surface area (Å²) in [5.74, 6) is 1.13. The molecule has 0 bridgehead atoms. The molecule has 0 spiro atoms. The average molecular weight is 431 g/mol. The summed E-state index contributed by atoms with van der Waals surface area (Å²) in [6.45, 7) is 6.53. The third-order valence-electron chi connectivity index (χ3n) is 5.20. The fourth-order valence-electron chi connectivity index (χ4n) is 3.40. The minimum atomic E-state index is -0.414. The van der Waals surface area contributed by atoms with Gasteiger partial charge in [0, 0.05) is 5.39 Å². The van der Waals surface area contributed by atoms with E-state index in [4.69, 9.17) is 13.9 Å². The Balaban J connectivity index is 1.49. The third kappa shape index (κ3) is 4.59. The number of furan rings is 1. The van der Waals surface area contributed by atoms with Crippen LogP contribution in [0.25, 0.3) is 21.7 Å². The van der Waals surface area contributed by atoms with Crippen molar-refractivity contribution in [2.75, 3.05) is 6.61 Å². The normalized spacial score (nSPS) is 12.3. The summed E-state index contributed by atoms with van der Waals surface area (Å²) in [7, 11) is 0. The van der Waals surface area contributed by atoms with Gasteiger partial charge >= 0.3 is 5.91 Å². The second kappa shape index (κ2) is 9.56. The number of hydrogen-bond donors (Lipinski definition) is 1. The van der Waals surface area contributed by atoms with Gasteiger partial charge in [0.2, 0.25) is 0 Å². The number of fused-ring (bicyclic) bond motifs is 3. The van der Waals surface area contributed by atoms with E-state index in [1.54, 1.807) is 12.3 Å². The highest BCUT2D eigenvalue weighted by molar-refractivity contribution is 6.08. The molecule has 4 rings (SSSR count). The number of ether oxygens (including phenoxy) is 2. The topological polar surface area (TPSA) is 73.1 Å². The molecular formula is C26H26N2O4. The first-order chi connectivity index (χ1) is 15.6. The second-order valence-electron chi connectivity index (χ2n) is 7.48. The minimum absolute atomic E-state index is 0.0916. The molecule has 0 aliphatic rings. The fourth-order valence-corrected chi connectivity index (χ4v) is 3.40. The number of carbonyl (C=O) groups is 1. The Bertz CT molecular complexity index is 1280. The molecule has 1 heterocycles. The van der Waals surface area contributed by atoms with Crippen LogP contribution < -0.4 is 14.9 Å². The van der Waals surface area contributed by atoms with E-state index in [1.807, 2.05) is 68.4 Å². The standard InChI is InChI=1S/C26H26N2O4/c1-4-17(3)31-23-12-10-18(14-24(23)30-5-2)16-27-28-26(29)25-15-21-20-9-7-6-8-19(20)11-13-22(21)32-25/h6-17H,4-5H2,1-3H3,(H,28,29)/b27-16-/t17-/m1/s1. The Labute approximate surface area is 186 Å². The van der Waals surface area contributed by atoms with Gasteiger partial charge in [0.05, 0.1) is 18.9 Å². The number of benzene rings is 3. The summed E-state index contributed by atoms with van der Waals surface area (Å²) in [6, 6.07) is 19.1. The molecule has 0 aliphatic heterocycles. The molecule has 0 aliphatic carbocycles. The molecule has 4 aromatic rings. The molecule has 0 unspecified atom stereocenters. The van der Waals surface area contributed by atoms with Crippen molar-refractivity contribution in [1.29, 1.82) is 0 Å². The van der Waals surface area contributed by atoms with Gasteiger partial charge in [0.25, 0.3) is 0 Å². The molecule has 32 heavy (non-hydrogen) atoms. The summed E-state index contributed by atoms with van der Waals surface area (Å²) in [5.41, 5.74) is 3.97. The maximum absolute atomic E-state index is 12.6. The average Bonchev–Trinajstić information content (AvgIpc) is 3.26. The van der Waals surface area contributed by atoms with E-state index in [1.165, 1.54) is 0 Å². The number of carbonyl (C=O) groups excluding carboxylic acids is 1. The lowest BCUT2D eigenvalue weighted by Gasteiger charge is -2.16. The number of amides is 1. The van der Waals surface area contributed by atoms with Gasteiger partial charge in [-0.25, -0.2) is 5.43 Å². The van der Waals surface area contributed by atoms with Crippen molar-refractivity contribution >= 4 is 33.9 Å². The molecule has 6 heteroatoms. The lowest BCUT2D eigenvalue weighted by atomic mass is 10.1. The van der Waals surface area contributed by atoms with Crippen LogP contribution in [0.15, 0.2) is 70.2 Å². The van der Waals surface area contributed by atoms with E-state index >= 15 is 0 Å². The first kappa shape index (κ1) is 21.4. The predicted octanol–water partition coefficient (Wildman–Crippen LogP) is 5.93. The Kier molecular flexibility index (Phi) is 6.40. The van der Waals surface area contributed by atoms with Crippen LogP contribution in [0.3, 0.4) is 0 Å². The predicted molar refractivity (Wildman–Crippen MR) is 127 cm³/mol. The molecule has 6 nitrogen and oxygen atoms in total. The second-order valence-corrected chi connectivity index (χ2v) is 7.48. The minimum Gasteiger partial charge on any atom is -0.490 e. The lowest BCUT2D eigenvalue weighted by Crippen LogP contribution is -2.16. The molecule has 0 radical (unpaired) electrons. The van der Waals surface area contributed by atoms with E-state index in [-0.39, 0.29) is 11.9 Å². The number of rotatable bonds is 8. The zero-order chi connectivity index (χ0) is 22.5. The quantitative estimate of drug-likeness (QED) is 0.278. The molecule has 164 valence electrons. The summed E-state index contributed by atoms with van der Waals surface area (Å²) in [6.07, 6.45) is 2.55. The fraction of sp³-hybridized carbons (Fsp3) is 0.231. The Morgan fingerprint density at radius 2 is 1.91 bits per heavy atom. The number of hydrogen-bond acceptors (Lipinski definition) is 5. The molecule has 3 aromatic carbocycles. The van der Waals surface area contributed by atoms with Gasteiger partial charge in [-0.15, -0.1) is 0 Å². The van der Waals surface area contributed by atoms with E-state index in [0.29, 0.717) is 23.7 Å². The van der Waals surface area contributed by atoms with E-state index < -0.39 is 5.91 Å². The maximum Gasteiger partial charge on any atom is 0.307 e. The smallest absolute Gasteiger partial charge is 0.307 e. The van der Waals surface area contributed by atoms with Gasteiger partial charge in [0.1, 0.15) is 5.58 Å². The van der Waals surface area contributed by atoms with Crippen LogP contribution in [0.5, 0.6) is 11.5 Å². The van der Waals surface area contributed by atoms with Crippen LogP contribution in [0.2, 0.25) is 0 Å². The van der Waals surface area contributed by atoms with Crippen molar-refractivity contribution in [1.82, 2.24) is 5.43 Å². The summed E-state index contributed by atoms with van der Waals surface area (Å²) in [5, 5.41) is 7.11. The van der Waals surface area contributed by atoms with Crippen LogP contribution in [0.4, 0.5) is 0 Å². The lowest BCUT2D eigenvalue weighted by molar-refractivity contribution is 0.0929. The van der Waals surface area contributed by atoms with Crippen LogP contribution in [0.1, 0.15) is 43.3 Å². The highest BCUT2D eigenvalue weighted by Crippen LogP contribution is 2.30. The Morgan fingerprint density at radius 1 is 1.06 bits per heavy atom. The molecule has 0 fully saturated rings. The van der Waals surface area contributed by atoms with Crippen molar-refractivity contribution < 1.29 is 18.7 Å². The van der Waals surface area contributed by atoms with Crippen molar-refractivity contribution in [3.63, 3.8) is 0 Å². The van der Waals surface area contributed by atoms with Crippen molar-refractivity contribution in [3.05, 3.63) is 72.0 Å². The van der Waals surface area contributed by atoms with Crippen LogP contribution in [-0.2, 0) is 0 Å². The van der Waals surface area contributed by atoms with Gasteiger partial charge in [-0.1, -0.05) is 37.3 Å². The van der Waals surface area contributed by atoms with Crippen LogP contribution in [0, 0.1) is 0 Å². The first-order valence-corrected chi connectivity index (χ1v) is 10.8. The Hall–Kier alpha value is -3.80. The highest BCUT2D eigenvalue weighted by Gasteiger charge is 2.14. The van der Waals surface area contributed by atoms with Gasteiger partial charge in [-0.2, -0.15) is 5.10 Å². The summed E-state index contributed by atoms with van der Waals surface area (Å²) in [4.78, 5) is 12.6. The third-order valence-corrected chi connectivity index (χ3v) is 5.20. The molecule has 1 N–H and O–H groups in total. The van der Waals surface area contributed by atoms with Crippen molar-refractivity contribution in [3.8, 4) is 11.5 Å². The van der Waals surface area contributed by atoms with Crippen molar-refractivity contribution in [2.45, 2.75) is 33.3 Å². The number of nitrogens with zero attached hydrogens (tertiary/aromatic N) is 1. The maximum atomic E-state index is 12.6.